The summed E-state index contributed by atoms with van der Waals surface area (Å²) in [5.41, 5.74) is 0.488. The summed E-state index contributed by atoms with van der Waals surface area (Å²) in [6, 6.07) is 5.55. The fourth-order valence-corrected chi connectivity index (χ4v) is 5.17. The molecule has 0 spiro atoms. The quantitative estimate of drug-likeness (QED) is 0.143. The van der Waals surface area contributed by atoms with E-state index >= 15 is 0 Å². The molecule has 0 saturated carbocycles. The molecule has 0 bridgehead atoms. The summed E-state index contributed by atoms with van der Waals surface area (Å²) in [6.07, 6.45) is 0. The molecule has 0 radical (unpaired) electrons. The molecule has 1 amide bonds. The van der Waals surface area contributed by atoms with Gasteiger partial charge in [-0.3, -0.25) is 24.6 Å². The predicted octanol–water partition coefficient (Wildman–Crippen LogP) is 1.18. The highest BCUT2D eigenvalue weighted by Crippen LogP contribution is 2.45. The summed E-state index contributed by atoms with van der Waals surface area (Å²) in [4.78, 5) is 35.9. The number of nitro groups is 1. The van der Waals surface area contributed by atoms with Crippen LogP contribution in [0.15, 0.2) is 24.3 Å². The number of fused-ring (bicyclic) bond motifs is 1. The van der Waals surface area contributed by atoms with Crippen molar-refractivity contribution in [2.75, 3.05) is 12.4 Å². The van der Waals surface area contributed by atoms with Crippen LogP contribution in [0.2, 0.25) is 0 Å². The molecule has 2 heterocycles. The molecule has 0 aliphatic carbocycles. The molecular weight excluding hydrogens is 372 g/mol. The SMILES string of the molecule is C[C@]1(CCl)CN2C(=O)[C@H](C(=O)OCc3ccc([N+](=O)[O-])cc3)[C@@H]2[S+]1[O-]. The number of ether oxygens (including phenoxy) is 1. The van der Waals surface area contributed by atoms with Crippen LogP contribution >= 0.6 is 11.6 Å². The molecular formula is C15H15ClN2O6S. The molecule has 2 saturated heterocycles. The van der Waals surface area contributed by atoms with Crippen molar-refractivity contribution in [2.45, 2.75) is 23.7 Å². The second-order valence-electron chi connectivity index (χ2n) is 6.25. The van der Waals surface area contributed by atoms with Gasteiger partial charge in [0.25, 0.3) is 5.69 Å². The first kappa shape index (κ1) is 18.0. The lowest BCUT2D eigenvalue weighted by Gasteiger charge is -2.38. The predicted molar refractivity (Wildman–Crippen MR) is 89.2 cm³/mol. The van der Waals surface area contributed by atoms with Gasteiger partial charge < -0.3 is 9.29 Å². The van der Waals surface area contributed by atoms with Crippen LogP contribution in [0.3, 0.4) is 0 Å². The van der Waals surface area contributed by atoms with Crippen LogP contribution in [0, 0.1) is 16.0 Å². The monoisotopic (exact) mass is 386 g/mol. The number of rotatable bonds is 5. The van der Waals surface area contributed by atoms with E-state index < -0.39 is 44.0 Å². The Morgan fingerprint density at radius 3 is 2.68 bits per heavy atom. The summed E-state index contributed by atoms with van der Waals surface area (Å²) < 4.78 is 16.9. The van der Waals surface area contributed by atoms with Crippen LogP contribution in [0.5, 0.6) is 0 Å². The highest BCUT2D eigenvalue weighted by molar-refractivity contribution is 7.94. The highest BCUT2D eigenvalue weighted by atomic mass is 35.5. The summed E-state index contributed by atoms with van der Waals surface area (Å²) in [7, 11) is 0. The van der Waals surface area contributed by atoms with Gasteiger partial charge in [0.2, 0.25) is 17.2 Å². The number of amides is 1. The third-order valence-electron chi connectivity index (χ3n) is 4.42. The Morgan fingerprint density at radius 1 is 1.48 bits per heavy atom. The normalized spacial score (nSPS) is 30.6. The van der Waals surface area contributed by atoms with Crippen LogP contribution in [0.1, 0.15) is 12.5 Å². The number of benzene rings is 1. The van der Waals surface area contributed by atoms with Gasteiger partial charge in [-0.05, 0) is 35.8 Å². The fraction of sp³-hybridized carbons (Fsp3) is 0.467. The van der Waals surface area contributed by atoms with Crippen LogP contribution in [-0.2, 0) is 32.1 Å². The van der Waals surface area contributed by atoms with Crippen LogP contribution < -0.4 is 0 Å². The second-order valence-corrected chi connectivity index (χ2v) is 8.58. The third kappa shape index (κ3) is 2.96. The Bertz CT molecular complexity index is 729. The number of non-ortho nitro benzene ring substituents is 1. The zero-order chi connectivity index (χ0) is 18.4. The first-order chi connectivity index (χ1) is 11.8. The molecule has 8 nitrogen and oxygen atoms in total. The molecule has 0 aromatic heterocycles. The Kier molecular flexibility index (Phi) is 4.65. The van der Waals surface area contributed by atoms with E-state index in [-0.39, 0.29) is 24.7 Å². The number of esters is 1. The van der Waals surface area contributed by atoms with E-state index in [1.165, 1.54) is 29.2 Å². The van der Waals surface area contributed by atoms with E-state index in [1.54, 1.807) is 6.92 Å². The third-order valence-corrected chi connectivity index (χ3v) is 7.37. The Hall–Kier alpha value is -1.84. The Labute approximate surface area is 151 Å². The number of halogens is 1. The van der Waals surface area contributed by atoms with E-state index in [1.807, 2.05) is 0 Å². The van der Waals surface area contributed by atoms with Gasteiger partial charge in [0.15, 0.2) is 4.75 Å². The van der Waals surface area contributed by atoms with E-state index in [0.29, 0.717) is 5.56 Å². The summed E-state index contributed by atoms with van der Waals surface area (Å²) in [5, 5.41) is 9.91. The number of nitrogens with zero attached hydrogens (tertiary/aromatic N) is 2. The molecule has 1 aromatic carbocycles. The molecule has 4 atom stereocenters. The number of hydrogen-bond donors (Lipinski definition) is 0. The van der Waals surface area contributed by atoms with Gasteiger partial charge in [0, 0.05) is 12.1 Å². The number of β-lactam (4-membered cyclic amide) rings is 1. The van der Waals surface area contributed by atoms with Crippen molar-refractivity contribution in [1.29, 1.82) is 0 Å². The van der Waals surface area contributed by atoms with E-state index in [0.717, 1.165) is 0 Å². The van der Waals surface area contributed by atoms with Gasteiger partial charge >= 0.3 is 5.97 Å². The average molecular weight is 387 g/mol. The molecule has 3 rings (SSSR count). The van der Waals surface area contributed by atoms with Crippen molar-refractivity contribution in [2.24, 2.45) is 5.92 Å². The summed E-state index contributed by atoms with van der Waals surface area (Å²) in [5.74, 6) is -2.09. The molecule has 10 heteroatoms. The minimum atomic E-state index is -1.44. The molecule has 134 valence electrons. The van der Waals surface area contributed by atoms with Gasteiger partial charge in [0.05, 0.1) is 17.3 Å². The lowest BCUT2D eigenvalue weighted by molar-refractivity contribution is -0.384. The average Bonchev–Trinajstić information content (AvgIpc) is 2.83. The second kappa shape index (κ2) is 6.47. The Morgan fingerprint density at radius 2 is 2.12 bits per heavy atom. The van der Waals surface area contributed by atoms with Crippen molar-refractivity contribution in [3.05, 3.63) is 39.9 Å². The largest absolute Gasteiger partial charge is 0.614 e. The van der Waals surface area contributed by atoms with Gasteiger partial charge in [-0.25, -0.2) is 0 Å². The molecule has 1 unspecified atom stereocenters. The van der Waals surface area contributed by atoms with Gasteiger partial charge in [-0.1, -0.05) is 0 Å². The molecule has 2 aliphatic heterocycles. The van der Waals surface area contributed by atoms with E-state index in [9.17, 15) is 24.3 Å². The zero-order valence-electron chi connectivity index (χ0n) is 13.2. The van der Waals surface area contributed by atoms with Crippen LogP contribution in [0.4, 0.5) is 5.69 Å². The lowest BCUT2D eigenvalue weighted by Crippen LogP contribution is -2.62. The summed E-state index contributed by atoms with van der Waals surface area (Å²) >= 11 is 4.41. The maximum Gasteiger partial charge on any atom is 0.326 e. The standard InChI is InChI=1S/C15H15ClN2O6S/c1-15(7-16)8-17-12(19)11(13(17)25(15)23)14(20)24-6-9-2-4-10(5-3-9)18(21)22/h2-5,11,13H,6-8H2,1H3/t11-,13-,15-,25?/m0/s1. The maximum absolute atomic E-state index is 12.5. The zero-order valence-corrected chi connectivity index (χ0v) is 14.8. The topological polar surface area (TPSA) is 113 Å². The molecule has 25 heavy (non-hydrogen) atoms. The lowest BCUT2D eigenvalue weighted by atomic mass is 9.97. The molecule has 0 N–H and O–H groups in total. The van der Waals surface area contributed by atoms with Crippen molar-refractivity contribution >= 4 is 40.3 Å². The first-order valence-electron chi connectivity index (χ1n) is 7.45. The van der Waals surface area contributed by atoms with Gasteiger partial charge in [0.1, 0.15) is 6.61 Å². The number of nitro benzene ring substituents is 1. The van der Waals surface area contributed by atoms with Crippen molar-refractivity contribution in [3.63, 3.8) is 0 Å². The van der Waals surface area contributed by atoms with Crippen molar-refractivity contribution in [1.82, 2.24) is 4.90 Å². The van der Waals surface area contributed by atoms with Crippen molar-refractivity contribution in [3.8, 4) is 0 Å². The minimum Gasteiger partial charge on any atom is -0.614 e. The number of carbonyl (C=O) groups excluding carboxylic acids is 2. The Balaban J connectivity index is 1.62. The minimum absolute atomic E-state index is 0.0680. The number of alkyl halides is 1. The van der Waals surface area contributed by atoms with E-state index in [4.69, 9.17) is 16.3 Å². The van der Waals surface area contributed by atoms with Gasteiger partial charge in [-0.15, -0.1) is 11.6 Å². The van der Waals surface area contributed by atoms with Gasteiger partial charge in [-0.2, -0.15) is 0 Å². The first-order valence-corrected chi connectivity index (χ1v) is 9.20. The highest BCUT2D eigenvalue weighted by Gasteiger charge is 2.69. The molecule has 1 aromatic rings. The maximum atomic E-state index is 12.5. The smallest absolute Gasteiger partial charge is 0.326 e. The summed E-state index contributed by atoms with van der Waals surface area (Å²) in [6.45, 7) is 1.87. The number of hydrogen-bond acceptors (Lipinski definition) is 6. The number of carbonyl (C=O) groups is 2. The van der Waals surface area contributed by atoms with Crippen LogP contribution in [0.25, 0.3) is 0 Å². The molecule has 2 fully saturated rings. The van der Waals surface area contributed by atoms with Crippen molar-refractivity contribution < 1.29 is 23.8 Å². The fourth-order valence-electron chi connectivity index (χ4n) is 2.92. The molecule has 2 aliphatic rings. The van der Waals surface area contributed by atoms with Crippen LogP contribution in [-0.4, -0.2) is 48.8 Å². The van der Waals surface area contributed by atoms with E-state index in [2.05, 4.69) is 0 Å².